The van der Waals surface area contributed by atoms with Gasteiger partial charge in [0.15, 0.2) is 0 Å². The number of tetrazole rings is 1. The van der Waals surface area contributed by atoms with Crippen molar-refractivity contribution in [2.75, 3.05) is 0 Å². The molecule has 124 valence electrons. The minimum atomic E-state index is -0.531. The number of aryl methyl sites for hydroxylation is 1. The van der Waals surface area contributed by atoms with E-state index in [1.165, 1.54) is 4.80 Å². The van der Waals surface area contributed by atoms with E-state index < -0.39 is 6.04 Å². The molecule has 2 heterocycles. The van der Waals surface area contributed by atoms with Gasteiger partial charge in [-0.25, -0.2) is 0 Å². The number of carbonyl (C=O) groups excluding carboxylic acids is 1. The SMILES string of the molecule is Cc1ccc(CNC(=O)[C@H](C)n2nnc(-c3ccccc3)n2)n1C. The number of rotatable bonds is 5. The van der Waals surface area contributed by atoms with Crippen LogP contribution in [0.15, 0.2) is 42.5 Å². The predicted molar refractivity (Wildman–Crippen MR) is 90.0 cm³/mol. The van der Waals surface area contributed by atoms with E-state index in [1.54, 1.807) is 6.92 Å². The second-order valence-electron chi connectivity index (χ2n) is 5.72. The molecule has 0 saturated heterocycles. The summed E-state index contributed by atoms with van der Waals surface area (Å²) in [4.78, 5) is 13.7. The van der Waals surface area contributed by atoms with Gasteiger partial charge in [-0.15, -0.1) is 10.2 Å². The Morgan fingerprint density at radius 1 is 1.21 bits per heavy atom. The summed E-state index contributed by atoms with van der Waals surface area (Å²) in [7, 11) is 1.98. The first-order valence-corrected chi connectivity index (χ1v) is 7.80. The van der Waals surface area contributed by atoms with Crippen LogP contribution < -0.4 is 5.32 Å². The quantitative estimate of drug-likeness (QED) is 0.777. The van der Waals surface area contributed by atoms with Crippen LogP contribution in [0.2, 0.25) is 0 Å². The molecule has 0 aliphatic carbocycles. The number of amides is 1. The van der Waals surface area contributed by atoms with E-state index in [9.17, 15) is 4.79 Å². The zero-order valence-corrected chi connectivity index (χ0v) is 14.0. The van der Waals surface area contributed by atoms with Gasteiger partial charge in [-0.3, -0.25) is 4.79 Å². The normalized spacial score (nSPS) is 12.1. The van der Waals surface area contributed by atoms with Crippen molar-refractivity contribution in [3.63, 3.8) is 0 Å². The van der Waals surface area contributed by atoms with Gasteiger partial charge in [-0.2, -0.15) is 4.80 Å². The summed E-state index contributed by atoms with van der Waals surface area (Å²) >= 11 is 0. The van der Waals surface area contributed by atoms with Crippen LogP contribution >= 0.6 is 0 Å². The average Bonchev–Trinajstić information content (AvgIpc) is 3.21. The van der Waals surface area contributed by atoms with Crippen molar-refractivity contribution in [1.82, 2.24) is 30.1 Å². The molecule has 0 saturated carbocycles. The monoisotopic (exact) mass is 324 g/mol. The average molecular weight is 324 g/mol. The Labute approximate surface area is 140 Å². The Balaban J connectivity index is 1.66. The lowest BCUT2D eigenvalue weighted by Crippen LogP contribution is -2.32. The highest BCUT2D eigenvalue weighted by Crippen LogP contribution is 2.13. The smallest absolute Gasteiger partial charge is 0.246 e. The van der Waals surface area contributed by atoms with Crippen molar-refractivity contribution in [2.24, 2.45) is 7.05 Å². The third-order valence-electron chi connectivity index (χ3n) is 4.11. The highest BCUT2D eigenvalue weighted by Gasteiger charge is 2.18. The highest BCUT2D eigenvalue weighted by molar-refractivity contribution is 5.79. The first-order valence-electron chi connectivity index (χ1n) is 7.80. The van der Waals surface area contributed by atoms with E-state index in [4.69, 9.17) is 0 Å². The van der Waals surface area contributed by atoms with Crippen LogP contribution in [0.1, 0.15) is 24.4 Å². The fourth-order valence-electron chi connectivity index (χ4n) is 2.37. The fourth-order valence-corrected chi connectivity index (χ4v) is 2.37. The van der Waals surface area contributed by atoms with Crippen molar-refractivity contribution in [3.8, 4) is 11.4 Å². The second-order valence-corrected chi connectivity index (χ2v) is 5.72. The zero-order chi connectivity index (χ0) is 17.1. The van der Waals surface area contributed by atoms with E-state index in [0.29, 0.717) is 12.4 Å². The van der Waals surface area contributed by atoms with E-state index in [2.05, 4.69) is 20.7 Å². The van der Waals surface area contributed by atoms with Crippen molar-refractivity contribution < 1.29 is 4.79 Å². The number of aromatic nitrogens is 5. The van der Waals surface area contributed by atoms with Crippen LogP contribution in [0.25, 0.3) is 11.4 Å². The first kappa shape index (κ1) is 15.9. The van der Waals surface area contributed by atoms with Crippen LogP contribution in [-0.2, 0) is 18.4 Å². The number of nitrogens with zero attached hydrogens (tertiary/aromatic N) is 5. The first-order chi connectivity index (χ1) is 11.6. The molecule has 7 nitrogen and oxygen atoms in total. The number of carbonyl (C=O) groups is 1. The summed E-state index contributed by atoms with van der Waals surface area (Å²) in [6.45, 7) is 4.24. The van der Waals surface area contributed by atoms with Gasteiger partial charge >= 0.3 is 0 Å². The van der Waals surface area contributed by atoms with Gasteiger partial charge in [-0.05, 0) is 31.2 Å². The van der Waals surface area contributed by atoms with E-state index in [0.717, 1.165) is 17.0 Å². The van der Waals surface area contributed by atoms with Crippen LogP contribution in [-0.4, -0.2) is 30.7 Å². The summed E-state index contributed by atoms with van der Waals surface area (Å²) in [5.74, 6) is 0.360. The maximum absolute atomic E-state index is 12.3. The second kappa shape index (κ2) is 6.66. The molecular formula is C17H20N6O. The van der Waals surface area contributed by atoms with Crippen molar-refractivity contribution in [3.05, 3.63) is 53.9 Å². The minimum Gasteiger partial charge on any atom is -0.350 e. The molecule has 1 amide bonds. The van der Waals surface area contributed by atoms with Crippen molar-refractivity contribution >= 4 is 5.91 Å². The Morgan fingerprint density at radius 3 is 2.62 bits per heavy atom. The molecule has 0 unspecified atom stereocenters. The molecule has 0 aliphatic heterocycles. The molecule has 0 aliphatic rings. The third kappa shape index (κ3) is 3.19. The summed E-state index contributed by atoms with van der Waals surface area (Å²) in [6.07, 6.45) is 0. The highest BCUT2D eigenvalue weighted by atomic mass is 16.2. The zero-order valence-electron chi connectivity index (χ0n) is 14.0. The third-order valence-corrected chi connectivity index (χ3v) is 4.11. The maximum Gasteiger partial charge on any atom is 0.246 e. The Morgan fingerprint density at radius 2 is 1.96 bits per heavy atom. The molecular weight excluding hydrogens is 304 g/mol. The molecule has 3 rings (SSSR count). The van der Waals surface area contributed by atoms with E-state index >= 15 is 0 Å². The summed E-state index contributed by atoms with van der Waals surface area (Å²) in [5.41, 5.74) is 3.07. The van der Waals surface area contributed by atoms with Crippen LogP contribution in [0, 0.1) is 6.92 Å². The fraction of sp³-hybridized carbons (Fsp3) is 0.294. The molecule has 7 heteroatoms. The van der Waals surface area contributed by atoms with Gasteiger partial charge in [0, 0.05) is 24.0 Å². The van der Waals surface area contributed by atoms with Gasteiger partial charge < -0.3 is 9.88 Å². The van der Waals surface area contributed by atoms with Crippen molar-refractivity contribution in [2.45, 2.75) is 26.4 Å². The Kier molecular flexibility index (Phi) is 4.41. The van der Waals surface area contributed by atoms with Crippen LogP contribution in [0.3, 0.4) is 0 Å². The molecule has 0 radical (unpaired) electrons. The Hall–Kier alpha value is -2.96. The number of nitrogens with one attached hydrogen (secondary N) is 1. The molecule has 1 N–H and O–H groups in total. The van der Waals surface area contributed by atoms with Gasteiger partial charge in [0.05, 0.1) is 6.54 Å². The number of hydrogen-bond donors (Lipinski definition) is 1. The minimum absolute atomic E-state index is 0.147. The van der Waals surface area contributed by atoms with Gasteiger partial charge in [0.25, 0.3) is 0 Å². The van der Waals surface area contributed by atoms with Crippen LogP contribution in [0.5, 0.6) is 0 Å². The summed E-state index contributed by atoms with van der Waals surface area (Å²) < 4.78 is 2.05. The maximum atomic E-state index is 12.3. The lowest BCUT2D eigenvalue weighted by molar-refractivity contribution is -0.124. The predicted octanol–water partition coefficient (Wildman–Crippen LogP) is 1.86. The number of benzene rings is 1. The van der Waals surface area contributed by atoms with Gasteiger partial charge in [0.2, 0.25) is 11.7 Å². The van der Waals surface area contributed by atoms with Gasteiger partial charge in [0.1, 0.15) is 6.04 Å². The largest absolute Gasteiger partial charge is 0.350 e. The van der Waals surface area contributed by atoms with Crippen LogP contribution in [0.4, 0.5) is 0 Å². The summed E-state index contributed by atoms with van der Waals surface area (Å²) in [6, 6.07) is 13.1. The molecule has 2 aromatic heterocycles. The topological polar surface area (TPSA) is 77.6 Å². The number of hydrogen-bond acceptors (Lipinski definition) is 4. The van der Waals surface area contributed by atoms with Gasteiger partial charge in [-0.1, -0.05) is 30.3 Å². The molecule has 24 heavy (non-hydrogen) atoms. The Bertz CT molecular complexity index is 836. The molecule has 3 aromatic rings. The standard InChI is InChI=1S/C17H20N6O/c1-12-9-10-15(22(12)3)11-18-17(24)13(2)23-20-16(19-21-23)14-7-5-4-6-8-14/h4-10,13H,11H2,1-3H3,(H,18,24)/t13-/m0/s1. The molecule has 1 atom stereocenters. The molecule has 0 spiro atoms. The summed E-state index contributed by atoms with van der Waals surface area (Å²) in [5, 5.41) is 15.2. The molecule has 1 aromatic carbocycles. The lowest BCUT2D eigenvalue weighted by atomic mass is 10.2. The molecule has 0 fully saturated rings. The lowest BCUT2D eigenvalue weighted by Gasteiger charge is -2.11. The van der Waals surface area contributed by atoms with E-state index in [-0.39, 0.29) is 5.91 Å². The molecule has 0 bridgehead atoms. The van der Waals surface area contributed by atoms with E-state index in [1.807, 2.05) is 61.0 Å². The van der Waals surface area contributed by atoms with Crippen molar-refractivity contribution in [1.29, 1.82) is 0 Å².